The molecular weight excluding hydrogens is 182 g/mol. The molecule has 0 bridgehead atoms. The van der Waals surface area contributed by atoms with Crippen molar-refractivity contribution in [3.63, 3.8) is 0 Å². The maximum absolute atomic E-state index is 5.51. The van der Waals surface area contributed by atoms with Gasteiger partial charge in [0.15, 0.2) is 0 Å². The maximum Gasteiger partial charge on any atom is 0.0594 e. The summed E-state index contributed by atoms with van der Waals surface area (Å²) >= 11 is 3.51. The number of nitrogens with two attached hydrogens (primary N) is 1. The van der Waals surface area contributed by atoms with Gasteiger partial charge < -0.3 is 10.5 Å². The quantitative estimate of drug-likeness (QED) is 0.625. The molecule has 0 aromatic heterocycles. The van der Waals surface area contributed by atoms with Crippen LogP contribution in [0.4, 0.5) is 0 Å². The van der Waals surface area contributed by atoms with Gasteiger partial charge in [-0.05, 0) is 18.9 Å². The lowest BCUT2D eigenvalue weighted by atomic mass is 10.0. The van der Waals surface area contributed by atoms with Crippen LogP contribution >= 0.6 is 15.9 Å². The Balaban J connectivity index is 2.30. The Morgan fingerprint density at radius 1 is 1.67 bits per heavy atom. The van der Waals surface area contributed by atoms with E-state index < -0.39 is 0 Å². The van der Waals surface area contributed by atoms with Crippen molar-refractivity contribution in [2.45, 2.75) is 11.2 Å². The molecule has 2 N–H and O–H groups in total. The molecule has 54 valence electrons. The molecule has 1 aliphatic rings. The van der Waals surface area contributed by atoms with Crippen LogP contribution < -0.4 is 5.73 Å². The maximum atomic E-state index is 5.51. The van der Waals surface area contributed by atoms with E-state index in [2.05, 4.69) is 15.9 Å². The first-order valence-corrected chi connectivity index (χ1v) is 4.18. The Bertz CT molecular complexity index is 89.1. The van der Waals surface area contributed by atoms with E-state index in [1.165, 1.54) is 0 Å². The zero-order valence-corrected chi connectivity index (χ0v) is 6.93. The van der Waals surface area contributed by atoms with E-state index in [0.29, 0.717) is 10.7 Å². The predicted molar refractivity (Wildman–Crippen MR) is 40.7 cm³/mol. The molecule has 0 amide bonds. The largest absolute Gasteiger partial charge is 0.380 e. The van der Waals surface area contributed by atoms with E-state index in [1.54, 1.807) is 0 Å². The fraction of sp³-hybridized carbons (Fsp3) is 1.00. The zero-order chi connectivity index (χ0) is 6.69. The van der Waals surface area contributed by atoms with Crippen molar-refractivity contribution in [3.8, 4) is 0 Å². The van der Waals surface area contributed by atoms with E-state index in [9.17, 15) is 0 Å². The number of hydrogen-bond donors (Lipinski definition) is 1. The summed E-state index contributed by atoms with van der Waals surface area (Å²) in [7, 11) is 0. The fourth-order valence-corrected chi connectivity index (χ4v) is 1.68. The van der Waals surface area contributed by atoms with E-state index in [-0.39, 0.29) is 0 Å². The number of halogens is 1. The van der Waals surface area contributed by atoms with E-state index in [1.807, 2.05) is 0 Å². The monoisotopic (exact) mass is 193 g/mol. The van der Waals surface area contributed by atoms with Crippen LogP contribution in [0.3, 0.4) is 0 Å². The lowest BCUT2D eigenvalue weighted by Crippen LogP contribution is -2.32. The molecule has 1 aliphatic heterocycles. The summed E-state index contributed by atoms with van der Waals surface area (Å²) in [6, 6.07) is 0. The van der Waals surface area contributed by atoms with Gasteiger partial charge in [0.2, 0.25) is 0 Å². The minimum Gasteiger partial charge on any atom is -0.380 e. The molecule has 1 fully saturated rings. The first-order chi connectivity index (χ1) is 4.34. The topological polar surface area (TPSA) is 35.2 Å². The molecule has 1 saturated heterocycles. The Kier molecular flexibility index (Phi) is 2.95. The normalized spacial score (nSPS) is 36.7. The molecule has 0 aromatic carbocycles. The van der Waals surface area contributed by atoms with Crippen LogP contribution in [-0.4, -0.2) is 24.6 Å². The predicted octanol–water partition coefficient (Wildman–Crippen LogP) is 0.745. The number of ether oxygens (including phenoxy) is 1. The zero-order valence-electron chi connectivity index (χ0n) is 5.35. The Morgan fingerprint density at radius 2 is 2.44 bits per heavy atom. The summed E-state index contributed by atoms with van der Waals surface area (Å²) in [5, 5.41) is 0. The van der Waals surface area contributed by atoms with Crippen LogP contribution in [0.5, 0.6) is 0 Å². The molecule has 1 heterocycles. The fourth-order valence-electron chi connectivity index (χ4n) is 1.01. The van der Waals surface area contributed by atoms with E-state index in [0.717, 1.165) is 26.2 Å². The SMILES string of the molecule is NC[C@H]1CCOC[C@@H]1Br. The summed E-state index contributed by atoms with van der Waals surface area (Å²) in [5.41, 5.74) is 5.51. The van der Waals surface area contributed by atoms with Crippen molar-refractivity contribution >= 4 is 15.9 Å². The van der Waals surface area contributed by atoms with Crippen molar-refractivity contribution in [3.05, 3.63) is 0 Å². The summed E-state index contributed by atoms with van der Waals surface area (Å²) in [6.45, 7) is 2.48. The molecule has 2 atom stereocenters. The van der Waals surface area contributed by atoms with Crippen LogP contribution in [0, 0.1) is 5.92 Å². The van der Waals surface area contributed by atoms with Gasteiger partial charge in [0, 0.05) is 11.4 Å². The van der Waals surface area contributed by atoms with Gasteiger partial charge in [-0.15, -0.1) is 0 Å². The summed E-state index contributed by atoms with van der Waals surface area (Å²) in [5.74, 6) is 0.624. The number of hydrogen-bond acceptors (Lipinski definition) is 2. The second-order valence-corrected chi connectivity index (χ2v) is 3.55. The standard InChI is InChI=1S/C6H12BrNO/c7-6-4-9-2-1-5(6)3-8/h5-6H,1-4,8H2/t5-,6+/m1/s1. The molecule has 0 unspecified atom stereocenters. The lowest BCUT2D eigenvalue weighted by Gasteiger charge is -2.25. The van der Waals surface area contributed by atoms with Gasteiger partial charge in [-0.25, -0.2) is 0 Å². The van der Waals surface area contributed by atoms with Crippen molar-refractivity contribution in [1.82, 2.24) is 0 Å². The number of alkyl halides is 1. The molecule has 3 heteroatoms. The molecule has 0 radical (unpaired) electrons. The molecular formula is C6H12BrNO. The molecule has 9 heavy (non-hydrogen) atoms. The highest BCUT2D eigenvalue weighted by molar-refractivity contribution is 9.09. The minimum absolute atomic E-state index is 0.483. The Hall–Kier alpha value is 0.400. The van der Waals surface area contributed by atoms with Crippen LogP contribution in [-0.2, 0) is 4.74 Å². The summed E-state index contributed by atoms with van der Waals surface area (Å²) in [4.78, 5) is 0.483. The lowest BCUT2D eigenvalue weighted by molar-refractivity contribution is 0.0762. The van der Waals surface area contributed by atoms with Crippen LogP contribution in [0.25, 0.3) is 0 Å². The third-order valence-electron chi connectivity index (χ3n) is 1.72. The van der Waals surface area contributed by atoms with Crippen molar-refractivity contribution in [1.29, 1.82) is 0 Å². The highest BCUT2D eigenvalue weighted by Crippen LogP contribution is 2.20. The van der Waals surface area contributed by atoms with E-state index >= 15 is 0 Å². The molecule has 0 aromatic rings. The smallest absolute Gasteiger partial charge is 0.0594 e. The highest BCUT2D eigenvalue weighted by atomic mass is 79.9. The Labute approximate surface area is 63.9 Å². The van der Waals surface area contributed by atoms with Crippen LogP contribution in [0.2, 0.25) is 0 Å². The average Bonchev–Trinajstić information content (AvgIpc) is 1.89. The minimum atomic E-state index is 0.483. The van der Waals surface area contributed by atoms with Crippen molar-refractivity contribution < 1.29 is 4.74 Å². The second kappa shape index (κ2) is 3.54. The van der Waals surface area contributed by atoms with Crippen LogP contribution in [0.1, 0.15) is 6.42 Å². The van der Waals surface area contributed by atoms with Gasteiger partial charge in [-0.2, -0.15) is 0 Å². The van der Waals surface area contributed by atoms with Gasteiger partial charge in [0.25, 0.3) is 0 Å². The molecule has 0 saturated carbocycles. The highest BCUT2D eigenvalue weighted by Gasteiger charge is 2.21. The first kappa shape index (κ1) is 7.51. The van der Waals surface area contributed by atoms with Gasteiger partial charge >= 0.3 is 0 Å². The van der Waals surface area contributed by atoms with Crippen LogP contribution in [0.15, 0.2) is 0 Å². The van der Waals surface area contributed by atoms with Gasteiger partial charge in [0.1, 0.15) is 0 Å². The summed E-state index contributed by atoms with van der Waals surface area (Å²) < 4.78 is 5.21. The third-order valence-corrected chi connectivity index (χ3v) is 2.74. The average molecular weight is 194 g/mol. The van der Waals surface area contributed by atoms with Gasteiger partial charge in [0.05, 0.1) is 6.61 Å². The number of rotatable bonds is 1. The molecule has 1 rings (SSSR count). The Morgan fingerprint density at radius 3 is 2.89 bits per heavy atom. The third kappa shape index (κ3) is 1.92. The van der Waals surface area contributed by atoms with Gasteiger partial charge in [-0.3, -0.25) is 0 Å². The molecule has 2 nitrogen and oxygen atoms in total. The van der Waals surface area contributed by atoms with Crippen molar-refractivity contribution in [2.24, 2.45) is 11.7 Å². The first-order valence-electron chi connectivity index (χ1n) is 3.26. The summed E-state index contributed by atoms with van der Waals surface area (Å²) in [6.07, 6.45) is 1.10. The van der Waals surface area contributed by atoms with Gasteiger partial charge in [-0.1, -0.05) is 15.9 Å². The van der Waals surface area contributed by atoms with Crippen molar-refractivity contribution in [2.75, 3.05) is 19.8 Å². The molecule has 0 aliphatic carbocycles. The molecule has 0 spiro atoms. The van der Waals surface area contributed by atoms with E-state index in [4.69, 9.17) is 10.5 Å². The second-order valence-electron chi connectivity index (χ2n) is 2.38.